The van der Waals surface area contributed by atoms with Crippen LogP contribution >= 0.6 is 0 Å². The Labute approximate surface area is 152 Å². The van der Waals surface area contributed by atoms with E-state index in [1.165, 1.54) is 18.2 Å². The van der Waals surface area contributed by atoms with E-state index in [-0.39, 0.29) is 17.9 Å². The molecular weight excluding hydrogens is 353 g/mol. The standard InChI is InChI=1S/C19H20FN3O2S/c1-15-13-21-19(16-7-3-2-4-8-16)23(15)12-11-22-26(24,25)14-17-9-5-6-10-18(17)20/h2-10,13,22H,11-12,14H2,1H3. The van der Waals surface area contributed by atoms with Crippen LogP contribution in [0.3, 0.4) is 0 Å². The van der Waals surface area contributed by atoms with Crippen LogP contribution in [0.2, 0.25) is 0 Å². The molecule has 0 aliphatic rings. The third kappa shape index (κ3) is 4.36. The highest BCUT2D eigenvalue weighted by Gasteiger charge is 2.15. The van der Waals surface area contributed by atoms with Crippen LogP contribution in [0.15, 0.2) is 60.8 Å². The number of nitrogens with one attached hydrogen (secondary N) is 1. The number of halogens is 1. The van der Waals surface area contributed by atoms with Gasteiger partial charge in [0.15, 0.2) is 0 Å². The number of aryl methyl sites for hydroxylation is 1. The summed E-state index contributed by atoms with van der Waals surface area (Å²) in [7, 11) is -3.62. The number of imidazole rings is 1. The third-order valence-electron chi connectivity index (χ3n) is 4.05. The second-order valence-corrected chi connectivity index (χ2v) is 7.79. The summed E-state index contributed by atoms with van der Waals surface area (Å²) in [4.78, 5) is 4.42. The Morgan fingerprint density at radius 2 is 1.77 bits per heavy atom. The smallest absolute Gasteiger partial charge is 0.215 e. The number of aromatic nitrogens is 2. The SMILES string of the molecule is Cc1cnc(-c2ccccc2)n1CCNS(=O)(=O)Cc1ccccc1F. The molecule has 0 atom stereocenters. The van der Waals surface area contributed by atoms with E-state index in [9.17, 15) is 12.8 Å². The zero-order chi connectivity index (χ0) is 18.6. The highest BCUT2D eigenvalue weighted by atomic mass is 32.2. The van der Waals surface area contributed by atoms with Crippen molar-refractivity contribution in [2.75, 3.05) is 6.54 Å². The molecule has 0 fully saturated rings. The lowest BCUT2D eigenvalue weighted by atomic mass is 10.2. The van der Waals surface area contributed by atoms with Crippen molar-refractivity contribution in [2.45, 2.75) is 19.2 Å². The Morgan fingerprint density at radius 3 is 2.50 bits per heavy atom. The first kappa shape index (κ1) is 18.3. The lowest BCUT2D eigenvalue weighted by Crippen LogP contribution is -2.29. The maximum atomic E-state index is 13.7. The minimum atomic E-state index is -3.62. The predicted octanol–water partition coefficient (Wildman–Crippen LogP) is 3.12. The first-order valence-electron chi connectivity index (χ1n) is 8.24. The molecule has 1 aromatic heterocycles. The van der Waals surface area contributed by atoms with Gasteiger partial charge in [-0.3, -0.25) is 0 Å². The topological polar surface area (TPSA) is 64.0 Å². The van der Waals surface area contributed by atoms with E-state index in [4.69, 9.17) is 0 Å². The minimum absolute atomic E-state index is 0.156. The number of hydrogen-bond donors (Lipinski definition) is 1. The van der Waals surface area contributed by atoms with Crippen molar-refractivity contribution in [1.29, 1.82) is 0 Å². The number of nitrogens with zero attached hydrogens (tertiary/aromatic N) is 2. The van der Waals surface area contributed by atoms with Gasteiger partial charge < -0.3 is 4.57 Å². The van der Waals surface area contributed by atoms with E-state index in [1.807, 2.05) is 41.8 Å². The highest BCUT2D eigenvalue weighted by Crippen LogP contribution is 2.19. The van der Waals surface area contributed by atoms with Gasteiger partial charge in [-0.05, 0) is 13.0 Å². The van der Waals surface area contributed by atoms with Gasteiger partial charge in [-0.2, -0.15) is 0 Å². The van der Waals surface area contributed by atoms with Crippen LogP contribution < -0.4 is 4.72 Å². The molecule has 26 heavy (non-hydrogen) atoms. The van der Waals surface area contributed by atoms with Gasteiger partial charge in [0.1, 0.15) is 11.6 Å². The maximum Gasteiger partial charge on any atom is 0.215 e. The molecule has 136 valence electrons. The van der Waals surface area contributed by atoms with Gasteiger partial charge in [0.05, 0.1) is 5.75 Å². The van der Waals surface area contributed by atoms with Crippen molar-refractivity contribution in [1.82, 2.24) is 14.3 Å². The Bertz CT molecular complexity index is 985. The van der Waals surface area contributed by atoms with Crippen LogP contribution in [0.25, 0.3) is 11.4 Å². The summed E-state index contributed by atoms with van der Waals surface area (Å²) in [5.41, 5.74) is 2.07. The fourth-order valence-electron chi connectivity index (χ4n) is 2.74. The predicted molar refractivity (Wildman–Crippen MR) is 99.4 cm³/mol. The molecule has 1 heterocycles. The molecule has 0 amide bonds. The Kier molecular flexibility index (Phi) is 5.49. The zero-order valence-corrected chi connectivity index (χ0v) is 15.2. The molecule has 5 nitrogen and oxygen atoms in total. The van der Waals surface area contributed by atoms with Crippen LogP contribution in [0.5, 0.6) is 0 Å². The van der Waals surface area contributed by atoms with Crippen molar-refractivity contribution < 1.29 is 12.8 Å². The molecule has 0 unspecified atom stereocenters. The van der Waals surface area contributed by atoms with Crippen LogP contribution in [-0.2, 0) is 22.3 Å². The average molecular weight is 373 g/mol. The van der Waals surface area contributed by atoms with Crippen molar-refractivity contribution in [3.05, 3.63) is 77.9 Å². The minimum Gasteiger partial charge on any atom is -0.327 e. The molecule has 0 aliphatic carbocycles. The van der Waals surface area contributed by atoms with Gasteiger partial charge in [-0.25, -0.2) is 22.5 Å². The fourth-order valence-corrected chi connectivity index (χ4v) is 3.89. The van der Waals surface area contributed by atoms with Gasteiger partial charge in [-0.15, -0.1) is 0 Å². The van der Waals surface area contributed by atoms with Crippen LogP contribution in [0.1, 0.15) is 11.3 Å². The second kappa shape index (κ2) is 7.80. The zero-order valence-electron chi connectivity index (χ0n) is 14.4. The summed E-state index contributed by atoms with van der Waals surface area (Å²) in [5, 5.41) is 0. The summed E-state index contributed by atoms with van der Waals surface area (Å²) in [6.45, 7) is 2.56. The van der Waals surface area contributed by atoms with Crippen molar-refractivity contribution in [3.8, 4) is 11.4 Å². The summed E-state index contributed by atoms with van der Waals surface area (Å²) < 4.78 is 42.6. The molecule has 0 bridgehead atoms. The molecule has 0 aliphatic heterocycles. The monoisotopic (exact) mass is 373 g/mol. The Hall–Kier alpha value is -2.51. The molecule has 7 heteroatoms. The van der Waals surface area contributed by atoms with E-state index in [0.717, 1.165) is 17.1 Å². The van der Waals surface area contributed by atoms with Gasteiger partial charge in [-0.1, -0.05) is 48.5 Å². The number of sulfonamides is 1. The molecule has 3 rings (SSSR count). The van der Waals surface area contributed by atoms with Crippen LogP contribution in [0, 0.1) is 12.7 Å². The Morgan fingerprint density at radius 1 is 1.08 bits per heavy atom. The van der Waals surface area contributed by atoms with Gasteiger partial charge >= 0.3 is 0 Å². The first-order chi connectivity index (χ1) is 12.5. The highest BCUT2D eigenvalue weighted by molar-refractivity contribution is 7.88. The van der Waals surface area contributed by atoms with Crippen molar-refractivity contribution in [2.24, 2.45) is 0 Å². The van der Waals surface area contributed by atoms with E-state index in [0.29, 0.717) is 6.54 Å². The van der Waals surface area contributed by atoms with Crippen LogP contribution in [0.4, 0.5) is 4.39 Å². The number of hydrogen-bond acceptors (Lipinski definition) is 3. The largest absolute Gasteiger partial charge is 0.327 e. The molecule has 0 spiro atoms. The molecular formula is C19H20FN3O2S. The van der Waals surface area contributed by atoms with Crippen LogP contribution in [-0.4, -0.2) is 24.5 Å². The third-order valence-corrected chi connectivity index (χ3v) is 5.38. The summed E-state index contributed by atoms with van der Waals surface area (Å²) in [5.74, 6) is -0.111. The average Bonchev–Trinajstić information content (AvgIpc) is 2.98. The number of benzene rings is 2. The lowest BCUT2D eigenvalue weighted by molar-refractivity contribution is 0.566. The molecule has 2 aromatic carbocycles. The molecule has 1 N–H and O–H groups in total. The number of rotatable bonds is 7. The molecule has 0 saturated heterocycles. The van der Waals surface area contributed by atoms with Gasteiger partial charge in [0, 0.05) is 36.1 Å². The molecule has 0 radical (unpaired) electrons. The summed E-state index contributed by atoms with van der Waals surface area (Å²) in [6, 6.07) is 15.6. The van der Waals surface area contributed by atoms with E-state index < -0.39 is 15.8 Å². The van der Waals surface area contributed by atoms with Gasteiger partial charge in [0.25, 0.3) is 0 Å². The quantitative estimate of drug-likeness (QED) is 0.692. The van der Waals surface area contributed by atoms with Crippen molar-refractivity contribution in [3.63, 3.8) is 0 Å². The van der Waals surface area contributed by atoms with E-state index in [2.05, 4.69) is 9.71 Å². The second-order valence-electron chi connectivity index (χ2n) is 5.99. The fraction of sp³-hybridized carbons (Fsp3) is 0.211. The molecule has 3 aromatic rings. The van der Waals surface area contributed by atoms with E-state index >= 15 is 0 Å². The maximum absolute atomic E-state index is 13.7. The van der Waals surface area contributed by atoms with Crippen molar-refractivity contribution >= 4 is 10.0 Å². The normalized spacial score (nSPS) is 11.6. The summed E-state index contributed by atoms with van der Waals surface area (Å²) >= 11 is 0. The first-order valence-corrected chi connectivity index (χ1v) is 9.90. The lowest BCUT2D eigenvalue weighted by Gasteiger charge is -2.12. The summed E-state index contributed by atoms with van der Waals surface area (Å²) in [6.07, 6.45) is 1.76. The Balaban J connectivity index is 1.67. The van der Waals surface area contributed by atoms with Gasteiger partial charge in [0.2, 0.25) is 10.0 Å². The van der Waals surface area contributed by atoms with E-state index in [1.54, 1.807) is 12.3 Å². The molecule has 0 saturated carbocycles.